The number of thioether (sulfide) groups is 1. The molecule has 1 fully saturated rings. The van der Waals surface area contributed by atoms with Gasteiger partial charge >= 0.3 is 0 Å². The summed E-state index contributed by atoms with van der Waals surface area (Å²) < 4.78 is 2.17. The van der Waals surface area contributed by atoms with Gasteiger partial charge in [-0.1, -0.05) is 42.1 Å². The second-order valence-electron chi connectivity index (χ2n) is 6.60. The molecule has 0 aliphatic carbocycles. The zero-order valence-electron chi connectivity index (χ0n) is 15.1. The van der Waals surface area contributed by atoms with Crippen molar-refractivity contribution in [3.8, 4) is 11.8 Å². The molecule has 5 nitrogen and oxygen atoms in total. The highest BCUT2D eigenvalue weighted by molar-refractivity contribution is 7.98. The number of aromatic nitrogens is 3. The molecule has 0 N–H and O–H groups in total. The van der Waals surface area contributed by atoms with Gasteiger partial charge in [-0.05, 0) is 49.1 Å². The fraction of sp³-hybridized carbons (Fsp3) is 0.286. The maximum atomic E-state index is 8.94. The predicted molar refractivity (Wildman–Crippen MR) is 108 cm³/mol. The molecule has 6 heteroatoms. The lowest BCUT2D eigenvalue weighted by atomic mass is 10.1. The van der Waals surface area contributed by atoms with E-state index in [9.17, 15) is 0 Å². The van der Waals surface area contributed by atoms with E-state index in [1.807, 2.05) is 42.5 Å². The van der Waals surface area contributed by atoms with Crippen molar-refractivity contribution in [3.63, 3.8) is 0 Å². The van der Waals surface area contributed by atoms with Crippen LogP contribution in [0, 0.1) is 11.3 Å². The molecule has 27 heavy (non-hydrogen) atoms. The van der Waals surface area contributed by atoms with Crippen LogP contribution in [0.25, 0.3) is 5.69 Å². The Kier molecular flexibility index (Phi) is 5.40. The maximum Gasteiger partial charge on any atom is 0.232 e. The van der Waals surface area contributed by atoms with Crippen molar-refractivity contribution in [1.82, 2.24) is 14.8 Å². The molecule has 0 spiro atoms. The average molecular weight is 376 g/mol. The molecule has 0 unspecified atom stereocenters. The van der Waals surface area contributed by atoms with Gasteiger partial charge in [-0.15, -0.1) is 10.2 Å². The summed E-state index contributed by atoms with van der Waals surface area (Å²) in [4.78, 5) is 2.34. The van der Waals surface area contributed by atoms with Crippen LogP contribution in [0.1, 0.15) is 30.4 Å². The first-order valence-electron chi connectivity index (χ1n) is 9.23. The van der Waals surface area contributed by atoms with E-state index in [4.69, 9.17) is 5.26 Å². The largest absolute Gasteiger partial charge is 0.341 e. The van der Waals surface area contributed by atoms with Crippen molar-refractivity contribution in [2.75, 3.05) is 18.0 Å². The Hall–Kier alpha value is -2.78. The molecule has 0 bridgehead atoms. The van der Waals surface area contributed by atoms with Gasteiger partial charge < -0.3 is 4.90 Å². The molecule has 1 aliphatic heterocycles. The first-order valence-corrected chi connectivity index (χ1v) is 10.2. The van der Waals surface area contributed by atoms with Gasteiger partial charge in [0.25, 0.3) is 0 Å². The fourth-order valence-electron chi connectivity index (χ4n) is 3.28. The summed E-state index contributed by atoms with van der Waals surface area (Å²) in [6.07, 6.45) is 3.70. The van der Waals surface area contributed by atoms with Gasteiger partial charge in [0.1, 0.15) is 0 Å². The molecule has 3 aromatic rings. The third-order valence-electron chi connectivity index (χ3n) is 4.72. The number of nitriles is 1. The van der Waals surface area contributed by atoms with Crippen LogP contribution in [-0.4, -0.2) is 27.9 Å². The summed E-state index contributed by atoms with van der Waals surface area (Å²) in [5.41, 5.74) is 2.94. The van der Waals surface area contributed by atoms with Crippen LogP contribution >= 0.6 is 11.8 Å². The SMILES string of the molecule is N#Cc1ccc(CSc2nnc(N3CCCCC3)n2-c2ccccc2)cc1. The Bertz CT molecular complexity index is 921. The highest BCUT2D eigenvalue weighted by Gasteiger charge is 2.21. The average Bonchev–Trinajstić information content (AvgIpc) is 3.18. The van der Waals surface area contributed by atoms with Gasteiger partial charge in [-0.25, -0.2) is 0 Å². The molecule has 1 aromatic heterocycles. The molecular weight excluding hydrogens is 354 g/mol. The third kappa shape index (κ3) is 3.99. The summed E-state index contributed by atoms with van der Waals surface area (Å²) >= 11 is 1.67. The number of hydrogen-bond acceptors (Lipinski definition) is 5. The highest BCUT2D eigenvalue weighted by atomic mass is 32.2. The van der Waals surface area contributed by atoms with Gasteiger partial charge in [-0.2, -0.15) is 5.26 Å². The number of anilines is 1. The van der Waals surface area contributed by atoms with Crippen molar-refractivity contribution >= 4 is 17.7 Å². The van der Waals surface area contributed by atoms with Crippen LogP contribution in [0.3, 0.4) is 0 Å². The van der Waals surface area contributed by atoms with E-state index in [1.54, 1.807) is 11.8 Å². The van der Waals surface area contributed by atoms with E-state index in [1.165, 1.54) is 24.8 Å². The second kappa shape index (κ2) is 8.28. The number of nitrogens with zero attached hydrogens (tertiary/aromatic N) is 5. The van der Waals surface area contributed by atoms with Gasteiger partial charge in [0, 0.05) is 18.8 Å². The van der Waals surface area contributed by atoms with Crippen LogP contribution in [0.2, 0.25) is 0 Å². The molecule has 0 amide bonds. The molecule has 136 valence electrons. The second-order valence-corrected chi connectivity index (χ2v) is 7.54. The lowest BCUT2D eigenvalue weighted by molar-refractivity contribution is 0.564. The Morgan fingerprint density at radius 1 is 0.926 bits per heavy atom. The van der Waals surface area contributed by atoms with Crippen LogP contribution in [0.4, 0.5) is 5.95 Å². The molecule has 1 aliphatic rings. The number of para-hydroxylation sites is 1. The van der Waals surface area contributed by atoms with Crippen LogP contribution < -0.4 is 4.90 Å². The van der Waals surface area contributed by atoms with Gasteiger partial charge in [0.2, 0.25) is 5.95 Å². The number of rotatable bonds is 5. The standard InChI is InChI=1S/C21H21N5S/c22-15-17-9-11-18(12-10-17)16-27-21-24-23-20(25-13-5-2-6-14-25)26(21)19-7-3-1-4-8-19/h1,3-4,7-12H,2,5-6,13-14,16H2. The van der Waals surface area contributed by atoms with Crippen molar-refractivity contribution in [3.05, 3.63) is 65.7 Å². The maximum absolute atomic E-state index is 8.94. The number of piperidine rings is 1. The van der Waals surface area contributed by atoms with E-state index in [0.29, 0.717) is 5.56 Å². The Morgan fingerprint density at radius 2 is 1.67 bits per heavy atom. The van der Waals surface area contributed by atoms with E-state index in [0.717, 1.165) is 35.6 Å². The van der Waals surface area contributed by atoms with Crippen LogP contribution in [0.5, 0.6) is 0 Å². The lowest BCUT2D eigenvalue weighted by Crippen LogP contribution is -2.31. The summed E-state index contributed by atoms with van der Waals surface area (Å²) in [7, 11) is 0. The number of benzene rings is 2. The molecule has 4 rings (SSSR count). The highest BCUT2D eigenvalue weighted by Crippen LogP contribution is 2.30. The first-order chi connectivity index (χ1) is 13.3. The molecular formula is C21H21N5S. The molecule has 0 radical (unpaired) electrons. The topological polar surface area (TPSA) is 57.7 Å². The third-order valence-corrected chi connectivity index (χ3v) is 5.72. The van der Waals surface area contributed by atoms with E-state index in [2.05, 4.69) is 37.9 Å². The van der Waals surface area contributed by atoms with Crippen molar-refractivity contribution in [1.29, 1.82) is 5.26 Å². The normalized spacial score (nSPS) is 14.1. The predicted octanol–water partition coefficient (Wildman–Crippen LogP) is 4.42. The minimum Gasteiger partial charge on any atom is -0.341 e. The zero-order valence-corrected chi connectivity index (χ0v) is 15.9. The molecule has 0 atom stereocenters. The minimum atomic E-state index is 0.684. The van der Waals surface area contributed by atoms with Crippen molar-refractivity contribution in [2.24, 2.45) is 0 Å². The molecule has 2 heterocycles. The van der Waals surface area contributed by atoms with Crippen LogP contribution in [0.15, 0.2) is 59.8 Å². The fourth-order valence-corrected chi connectivity index (χ4v) is 4.18. The monoisotopic (exact) mass is 375 g/mol. The zero-order chi connectivity index (χ0) is 18.5. The Labute approximate surface area is 163 Å². The Morgan fingerprint density at radius 3 is 2.37 bits per heavy atom. The van der Waals surface area contributed by atoms with E-state index < -0.39 is 0 Å². The van der Waals surface area contributed by atoms with Crippen molar-refractivity contribution in [2.45, 2.75) is 30.2 Å². The van der Waals surface area contributed by atoms with E-state index in [-0.39, 0.29) is 0 Å². The summed E-state index contributed by atoms with van der Waals surface area (Å²) in [5, 5.41) is 18.9. The lowest BCUT2D eigenvalue weighted by Gasteiger charge is -2.27. The minimum absolute atomic E-state index is 0.684. The van der Waals surface area contributed by atoms with E-state index >= 15 is 0 Å². The van der Waals surface area contributed by atoms with Gasteiger partial charge in [-0.3, -0.25) is 4.57 Å². The smallest absolute Gasteiger partial charge is 0.232 e. The summed E-state index contributed by atoms with van der Waals surface area (Å²) in [5.74, 6) is 1.72. The summed E-state index contributed by atoms with van der Waals surface area (Å²) in [6, 6.07) is 20.2. The molecule has 1 saturated heterocycles. The first kappa shape index (κ1) is 17.6. The number of hydrogen-bond donors (Lipinski definition) is 0. The quantitative estimate of drug-likeness (QED) is 0.618. The van der Waals surface area contributed by atoms with Gasteiger partial charge in [0.05, 0.1) is 17.3 Å². The molecule has 0 saturated carbocycles. The van der Waals surface area contributed by atoms with Crippen LogP contribution in [-0.2, 0) is 5.75 Å². The van der Waals surface area contributed by atoms with Gasteiger partial charge in [0.15, 0.2) is 5.16 Å². The summed E-state index contributed by atoms with van der Waals surface area (Å²) in [6.45, 7) is 2.07. The van der Waals surface area contributed by atoms with Crippen molar-refractivity contribution < 1.29 is 0 Å². The Balaban J connectivity index is 1.61. The molecule has 2 aromatic carbocycles.